The second-order valence-corrected chi connectivity index (χ2v) is 7.93. The molecule has 1 unspecified atom stereocenters. The summed E-state index contributed by atoms with van der Waals surface area (Å²) in [5.74, 6) is -1.44. The molecule has 0 radical (unpaired) electrons. The third kappa shape index (κ3) is 4.72. The molecule has 146 valence electrons. The molecule has 10 heteroatoms. The minimum atomic E-state index is -3.69. The number of nitrogens with one attached hydrogen (secondary N) is 1. The number of carbonyl (C=O) groups is 2. The number of nitrogens with zero attached hydrogens (tertiary/aromatic N) is 2. The van der Waals surface area contributed by atoms with Gasteiger partial charge in [0.05, 0.1) is 11.4 Å². The zero-order chi connectivity index (χ0) is 20.3. The monoisotopic (exact) mass is 401 g/mol. The number of primary amides is 1. The van der Waals surface area contributed by atoms with E-state index < -0.39 is 27.9 Å². The lowest BCUT2D eigenvalue weighted by molar-refractivity contribution is -0.119. The number of carbonyl (C=O) groups excluding carboxylic acids is 2. The summed E-state index contributed by atoms with van der Waals surface area (Å²) in [4.78, 5) is 24.4. The number of rotatable bonds is 6. The van der Waals surface area contributed by atoms with Crippen LogP contribution >= 0.6 is 0 Å². The largest absolute Gasteiger partial charge is 0.368 e. The van der Waals surface area contributed by atoms with Crippen molar-refractivity contribution in [2.75, 3.05) is 10.3 Å². The van der Waals surface area contributed by atoms with Gasteiger partial charge in [0.15, 0.2) is 0 Å². The lowest BCUT2D eigenvalue weighted by atomic mass is 10.1. The number of nitrogens with two attached hydrogens (primary N) is 2. The van der Waals surface area contributed by atoms with Crippen molar-refractivity contribution in [3.05, 3.63) is 60.2 Å². The lowest BCUT2D eigenvalue weighted by Crippen LogP contribution is -2.39. The second kappa shape index (κ2) is 7.79. The molecule has 9 nitrogen and oxygen atoms in total. The topological polar surface area (TPSA) is 148 Å². The van der Waals surface area contributed by atoms with E-state index in [-0.39, 0.29) is 17.9 Å². The van der Waals surface area contributed by atoms with Crippen molar-refractivity contribution in [3.63, 3.8) is 0 Å². The third-order valence-electron chi connectivity index (χ3n) is 4.07. The molecular weight excluding hydrogens is 382 g/mol. The normalized spacial score (nSPS) is 16.5. The minimum absolute atomic E-state index is 0.0624. The maximum Gasteiger partial charge on any atom is 0.271 e. The summed E-state index contributed by atoms with van der Waals surface area (Å²) in [5, 5.41) is 13.4. The van der Waals surface area contributed by atoms with E-state index >= 15 is 0 Å². The molecule has 2 aromatic carbocycles. The summed E-state index contributed by atoms with van der Waals surface area (Å²) in [6.07, 6.45) is 0.0624. The highest BCUT2D eigenvalue weighted by molar-refractivity contribution is 7.88. The SMILES string of the molecule is NC(=O)C1CC(C(=O)Nc2cccc(CS(N)(=O)=O)c2)=NN1c1ccccc1. The number of benzene rings is 2. The fraction of sp³-hybridized carbons (Fsp3) is 0.167. The van der Waals surface area contributed by atoms with E-state index in [2.05, 4.69) is 10.4 Å². The molecule has 1 aliphatic rings. The molecule has 1 atom stereocenters. The fourth-order valence-electron chi connectivity index (χ4n) is 2.86. The smallest absolute Gasteiger partial charge is 0.271 e. The first-order valence-corrected chi connectivity index (χ1v) is 10.1. The molecule has 0 aliphatic carbocycles. The van der Waals surface area contributed by atoms with Crippen molar-refractivity contribution in [1.82, 2.24) is 0 Å². The number of primary sulfonamides is 1. The Morgan fingerprint density at radius 3 is 2.50 bits per heavy atom. The van der Waals surface area contributed by atoms with Crippen LogP contribution in [0.4, 0.5) is 11.4 Å². The molecular formula is C18H19N5O4S. The van der Waals surface area contributed by atoms with Gasteiger partial charge in [0.1, 0.15) is 11.8 Å². The van der Waals surface area contributed by atoms with E-state index in [1.165, 1.54) is 11.1 Å². The van der Waals surface area contributed by atoms with Gasteiger partial charge in [0.25, 0.3) is 5.91 Å². The highest BCUT2D eigenvalue weighted by Gasteiger charge is 2.34. The van der Waals surface area contributed by atoms with Gasteiger partial charge in [-0.25, -0.2) is 13.6 Å². The van der Waals surface area contributed by atoms with Crippen LogP contribution in [0.25, 0.3) is 0 Å². The molecule has 2 aromatic rings. The summed E-state index contributed by atoms with van der Waals surface area (Å²) < 4.78 is 22.5. The Morgan fingerprint density at radius 2 is 1.86 bits per heavy atom. The molecule has 0 spiro atoms. The summed E-state index contributed by atoms with van der Waals surface area (Å²) in [6, 6.07) is 14.5. The standard InChI is InChI=1S/C18H19N5O4S/c19-17(24)16-10-15(22-23(16)14-7-2-1-3-8-14)18(25)21-13-6-4-5-12(9-13)11-28(20,26)27/h1-9,16H,10-11H2,(H2,19,24)(H,21,25)(H2,20,26,27). The first-order chi connectivity index (χ1) is 13.2. The van der Waals surface area contributed by atoms with Crippen molar-refractivity contribution in [3.8, 4) is 0 Å². The van der Waals surface area contributed by atoms with Crippen LogP contribution in [0, 0.1) is 0 Å². The quantitative estimate of drug-likeness (QED) is 0.646. The first kappa shape index (κ1) is 19.5. The van der Waals surface area contributed by atoms with Crippen LogP contribution in [-0.2, 0) is 25.4 Å². The second-order valence-electron chi connectivity index (χ2n) is 6.31. The van der Waals surface area contributed by atoms with Gasteiger partial charge < -0.3 is 11.1 Å². The average Bonchev–Trinajstić information content (AvgIpc) is 3.07. The number of hydrogen-bond acceptors (Lipinski definition) is 6. The molecule has 2 amide bonds. The van der Waals surface area contributed by atoms with E-state index in [0.29, 0.717) is 16.9 Å². The molecule has 28 heavy (non-hydrogen) atoms. The Bertz CT molecular complexity index is 1040. The highest BCUT2D eigenvalue weighted by atomic mass is 32.2. The fourth-order valence-corrected chi connectivity index (χ4v) is 3.51. The highest BCUT2D eigenvalue weighted by Crippen LogP contribution is 2.25. The Hall–Kier alpha value is -3.24. The Balaban J connectivity index is 1.79. The molecule has 3 rings (SSSR count). The maximum absolute atomic E-state index is 12.6. The molecule has 0 saturated heterocycles. The van der Waals surface area contributed by atoms with Crippen LogP contribution in [0.2, 0.25) is 0 Å². The maximum atomic E-state index is 12.6. The zero-order valence-corrected chi connectivity index (χ0v) is 15.6. The third-order valence-corrected chi connectivity index (χ3v) is 4.81. The van der Waals surface area contributed by atoms with Gasteiger partial charge in [-0.05, 0) is 29.8 Å². The van der Waals surface area contributed by atoms with Crippen LogP contribution in [0.1, 0.15) is 12.0 Å². The molecule has 1 heterocycles. The van der Waals surface area contributed by atoms with E-state index in [0.717, 1.165) is 0 Å². The van der Waals surface area contributed by atoms with E-state index in [1.54, 1.807) is 42.5 Å². The van der Waals surface area contributed by atoms with Crippen molar-refractivity contribution in [2.45, 2.75) is 18.2 Å². The summed E-state index contributed by atoms with van der Waals surface area (Å²) in [7, 11) is -3.69. The Kier molecular flexibility index (Phi) is 5.43. The van der Waals surface area contributed by atoms with Crippen LogP contribution < -0.4 is 21.2 Å². The van der Waals surface area contributed by atoms with E-state index in [4.69, 9.17) is 10.9 Å². The summed E-state index contributed by atoms with van der Waals surface area (Å²) in [5.41, 5.74) is 7.08. The van der Waals surface area contributed by atoms with Gasteiger partial charge in [0.2, 0.25) is 15.9 Å². The number of hydrazone groups is 1. The van der Waals surface area contributed by atoms with Gasteiger partial charge in [0, 0.05) is 12.1 Å². The van der Waals surface area contributed by atoms with Crippen LogP contribution in [0.5, 0.6) is 0 Å². The van der Waals surface area contributed by atoms with Crippen LogP contribution in [0.15, 0.2) is 59.7 Å². The van der Waals surface area contributed by atoms with Gasteiger partial charge in [-0.3, -0.25) is 14.6 Å². The van der Waals surface area contributed by atoms with Crippen LogP contribution in [-0.4, -0.2) is 32.0 Å². The average molecular weight is 401 g/mol. The van der Waals surface area contributed by atoms with Gasteiger partial charge >= 0.3 is 0 Å². The Morgan fingerprint density at radius 1 is 1.14 bits per heavy atom. The Labute approximate surface area is 162 Å². The minimum Gasteiger partial charge on any atom is -0.368 e. The number of amides is 2. The molecule has 5 N–H and O–H groups in total. The summed E-state index contributed by atoms with van der Waals surface area (Å²) >= 11 is 0. The van der Waals surface area contributed by atoms with Crippen molar-refractivity contribution >= 4 is 38.9 Å². The molecule has 1 aliphatic heterocycles. The number of sulfonamides is 1. The number of hydrogen-bond donors (Lipinski definition) is 3. The van der Waals surface area contributed by atoms with Gasteiger partial charge in [-0.1, -0.05) is 30.3 Å². The molecule has 0 aromatic heterocycles. The lowest BCUT2D eigenvalue weighted by Gasteiger charge is -2.20. The van der Waals surface area contributed by atoms with Crippen molar-refractivity contribution in [1.29, 1.82) is 0 Å². The predicted octanol–water partition coefficient (Wildman–Crippen LogP) is 0.534. The van der Waals surface area contributed by atoms with Gasteiger partial charge in [-0.15, -0.1) is 0 Å². The van der Waals surface area contributed by atoms with Crippen molar-refractivity contribution in [2.24, 2.45) is 16.0 Å². The zero-order valence-electron chi connectivity index (χ0n) is 14.8. The number of para-hydroxylation sites is 1. The molecule has 0 bridgehead atoms. The van der Waals surface area contributed by atoms with E-state index in [9.17, 15) is 18.0 Å². The van der Waals surface area contributed by atoms with Crippen molar-refractivity contribution < 1.29 is 18.0 Å². The predicted molar refractivity (Wildman–Crippen MR) is 106 cm³/mol. The molecule has 0 saturated carbocycles. The summed E-state index contributed by atoms with van der Waals surface area (Å²) in [6.45, 7) is 0. The van der Waals surface area contributed by atoms with E-state index in [1.807, 2.05) is 6.07 Å². The van der Waals surface area contributed by atoms with Crippen LogP contribution in [0.3, 0.4) is 0 Å². The molecule has 0 fully saturated rings. The van der Waals surface area contributed by atoms with Gasteiger partial charge in [-0.2, -0.15) is 5.10 Å². The first-order valence-electron chi connectivity index (χ1n) is 8.35. The number of anilines is 2.